The SMILES string of the molecule is CC1(C)Cc2cccc(OC3C(CCCO)NCCC3(O)c3cccc(Cl)c3)c2O1. The van der Waals surface area contributed by atoms with Gasteiger partial charge < -0.3 is 25.0 Å². The van der Waals surface area contributed by atoms with E-state index in [0.29, 0.717) is 36.6 Å². The number of fused-ring (bicyclic) bond motifs is 1. The summed E-state index contributed by atoms with van der Waals surface area (Å²) >= 11 is 6.24. The van der Waals surface area contributed by atoms with Gasteiger partial charge in [-0.25, -0.2) is 0 Å². The lowest BCUT2D eigenvalue weighted by atomic mass is 9.78. The second kappa shape index (κ2) is 8.39. The Balaban J connectivity index is 1.72. The van der Waals surface area contributed by atoms with E-state index in [1.54, 1.807) is 12.1 Å². The van der Waals surface area contributed by atoms with Gasteiger partial charge in [-0.05, 0) is 63.4 Å². The maximum Gasteiger partial charge on any atom is 0.165 e. The zero-order valence-electron chi connectivity index (χ0n) is 17.5. The monoisotopic (exact) mass is 431 g/mol. The molecule has 2 aliphatic rings. The van der Waals surface area contributed by atoms with Crippen molar-refractivity contribution >= 4 is 11.6 Å². The molecule has 2 heterocycles. The van der Waals surface area contributed by atoms with Gasteiger partial charge in [0.15, 0.2) is 11.5 Å². The predicted octanol–water partition coefficient (Wildman–Crippen LogP) is 3.82. The first-order valence-electron chi connectivity index (χ1n) is 10.6. The van der Waals surface area contributed by atoms with Crippen molar-refractivity contribution in [3.8, 4) is 11.5 Å². The number of para-hydroxylation sites is 1. The fraction of sp³-hybridized carbons (Fsp3) is 0.500. The molecule has 3 atom stereocenters. The first-order valence-corrected chi connectivity index (χ1v) is 11.0. The molecule has 0 aromatic heterocycles. The Kier molecular flexibility index (Phi) is 5.99. The van der Waals surface area contributed by atoms with E-state index in [4.69, 9.17) is 21.1 Å². The molecule has 0 bridgehead atoms. The highest BCUT2D eigenvalue weighted by Gasteiger charge is 2.48. The number of hydrogen-bond acceptors (Lipinski definition) is 5. The Morgan fingerprint density at radius 3 is 2.80 bits per heavy atom. The lowest BCUT2D eigenvalue weighted by molar-refractivity contribution is -0.107. The molecular weight excluding hydrogens is 402 g/mol. The normalized spacial score (nSPS) is 27.4. The van der Waals surface area contributed by atoms with Gasteiger partial charge in [-0.15, -0.1) is 0 Å². The van der Waals surface area contributed by atoms with Crippen molar-refractivity contribution in [1.29, 1.82) is 0 Å². The van der Waals surface area contributed by atoms with Crippen LogP contribution in [-0.4, -0.2) is 41.1 Å². The van der Waals surface area contributed by atoms with Crippen LogP contribution in [0.25, 0.3) is 0 Å². The van der Waals surface area contributed by atoms with Crippen LogP contribution in [0.4, 0.5) is 0 Å². The summed E-state index contributed by atoms with van der Waals surface area (Å²) in [6.45, 7) is 4.87. The molecule has 6 heteroatoms. The highest BCUT2D eigenvalue weighted by atomic mass is 35.5. The first-order chi connectivity index (χ1) is 14.3. The van der Waals surface area contributed by atoms with Gasteiger partial charge in [0, 0.05) is 29.7 Å². The number of aliphatic hydroxyl groups excluding tert-OH is 1. The van der Waals surface area contributed by atoms with Crippen LogP contribution in [0.3, 0.4) is 0 Å². The van der Waals surface area contributed by atoms with E-state index in [1.807, 2.05) is 24.3 Å². The Labute approximate surface area is 183 Å². The third kappa shape index (κ3) is 4.17. The zero-order valence-corrected chi connectivity index (χ0v) is 18.3. The van der Waals surface area contributed by atoms with Gasteiger partial charge >= 0.3 is 0 Å². The fourth-order valence-electron chi connectivity index (χ4n) is 4.66. The van der Waals surface area contributed by atoms with Crippen LogP contribution in [0.1, 0.15) is 44.2 Å². The molecule has 5 nitrogen and oxygen atoms in total. The summed E-state index contributed by atoms with van der Waals surface area (Å²) in [6.07, 6.45) is 2.06. The number of rotatable bonds is 6. The second-order valence-electron chi connectivity index (χ2n) is 8.93. The highest BCUT2D eigenvalue weighted by Crippen LogP contribution is 2.45. The molecular formula is C24H30ClNO4. The first kappa shape index (κ1) is 21.4. The van der Waals surface area contributed by atoms with Crippen LogP contribution in [0.2, 0.25) is 5.02 Å². The standard InChI is InChI=1S/C24H30ClNO4/c1-23(2)15-16-6-3-10-20(21(16)30-23)29-22-19(9-5-13-27)26-12-11-24(22,28)17-7-4-8-18(25)14-17/h3-4,6-8,10,14,19,22,26-28H,5,9,11-13,15H2,1-2H3. The van der Waals surface area contributed by atoms with Gasteiger partial charge in [0.25, 0.3) is 0 Å². The van der Waals surface area contributed by atoms with Crippen molar-refractivity contribution in [2.45, 2.75) is 62.9 Å². The fourth-order valence-corrected chi connectivity index (χ4v) is 4.85. The van der Waals surface area contributed by atoms with Crippen LogP contribution < -0.4 is 14.8 Å². The van der Waals surface area contributed by atoms with Crippen LogP contribution in [0.5, 0.6) is 11.5 Å². The van der Waals surface area contributed by atoms with Gasteiger partial charge in [0.05, 0.1) is 0 Å². The summed E-state index contributed by atoms with van der Waals surface area (Å²) in [6, 6.07) is 13.2. The van der Waals surface area contributed by atoms with Gasteiger partial charge in [-0.2, -0.15) is 0 Å². The molecule has 3 N–H and O–H groups in total. The second-order valence-corrected chi connectivity index (χ2v) is 9.37. The van der Waals surface area contributed by atoms with Gasteiger partial charge in [-0.1, -0.05) is 35.9 Å². The molecule has 1 saturated heterocycles. The van der Waals surface area contributed by atoms with E-state index in [2.05, 4.69) is 25.2 Å². The van der Waals surface area contributed by atoms with Crippen molar-refractivity contribution in [1.82, 2.24) is 5.32 Å². The molecule has 2 aromatic rings. The molecule has 3 unspecified atom stereocenters. The smallest absolute Gasteiger partial charge is 0.165 e. The molecule has 2 aromatic carbocycles. The molecule has 30 heavy (non-hydrogen) atoms. The molecule has 0 aliphatic carbocycles. The summed E-state index contributed by atoms with van der Waals surface area (Å²) < 4.78 is 12.7. The summed E-state index contributed by atoms with van der Waals surface area (Å²) in [4.78, 5) is 0. The van der Waals surface area contributed by atoms with E-state index in [9.17, 15) is 10.2 Å². The topological polar surface area (TPSA) is 71.0 Å². The minimum absolute atomic E-state index is 0.0958. The number of hydrogen-bond donors (Lipinski definition) is 3. The lowest BCUT2D eigenvalue weighted by Crippen LogP contribution is -2.60. The summed E-state index contributed by atoms with van der Waals surface area (Å²) in [5, 5.41) is 25.3. The lowest BCUT2D eigenvalue weighted by Gasteiger charge is -2.45. The average Bonchev–Trinajstić information content (AvgIpc) is 3.03. The zero-order chi connectivity index (χ0) is 21.4. The van der Waals surface area contributed by atoms with Crippen molar-refractivity contribution in [2.24, 2.45) is 0 Å². The number of aliphatic hydroxyl groups is 2. The van der Waals surface area contributed by atoms with E-state index in [-0.39, 0.29) is 18.2 Å². The Morgan fingerprint density at radius 1 is 1.23 bits per heavy atom. The molecule has 1 fully saturated rings. The number of nitrogens with one attached hydrogen (secondary N) is 1. The highest BCUT2D eigenvalue weighted by molar-refractivity contribution is 6.30. The molecule has 162 valence electrons. The Bertz CT molecular complexity index is 903. The molecule has 2 aliphatic heterocycles. The van der Waals surface area contributed by atoms with E-state index in [0.717, 1.165) is 23.3 Å². The average molecular weight is 432 g/mol. The van der Waals surface area contributed by atoms with Gasteiger partial charge in [0.1, 0.15) is 17.3 Å². The largest absolute Gasteiger partial charge is 0.483 e. The molecule has 4 rings (SSSR count). The maximum absolute atomic E-state index is 11.9. The molecule has 0 spiro atoms. The van der Waals surface area contributed by atoms with Crippen molar-refractivity contribution in [3.63, 3.8) is 0 Å². The quantitative estimate of drug-likeness (QED) is 0.648. The molecule has 0 saturated carbocycles. The van der Waals surface area contributed by atoms with Crippen molar-refractivity contribution in [3.05, 3.63) is 58.6 Å². The van der Waals surface area contributed by atoms with E-state index >= 15 is 0 Å². The Hall–Kier alpha value is -1.79. The van der Waals surface area contributed by atoms with E-state index < -0.39 is 11.7 Å². The number of benzene rings is 2. The van der Waals surface area contributed by atoms with Crippen molar-refractivity contribution in [2.75, 3.05) is 13.2 Å². The minimum atomic E-state index is -1.22. The number of piperidine rings is 1. The van der Waals surface area contributed by atoms with Crippen LogP contribution in [0.15, 0.2) is 42.5 Å². The van der Waals surface area contributed by atoms with Crippen LogP contribution in [-0.2, 0) is 12.0 Å². The molecule has 0 amide bonds. The summed E-state index contributed by atoms with van der Waals surface area (Å²) in [5.41, 5.74) is 0.350. The molecule has 0 radical (unpaired) electrons. The summed E-state index contributed by atoms with van der Waals surface area (Å²) in [7, 11) is 0. The minimum Gasteiger partial charge on any atom is -0.483 e. The van der Waals surface area contributed by atoms with Crippen LogP contribution in [0, 0.1) is 0 Å². The van der Waals surface area contributed by atoms with Crippen molar-refractivity contribution < 1.29 is 19.7 Å². The third-order valence-corrected chi connectivity index (χ3v) is 6.29. The number of halogens is 1. The number of ether oxygens (including phenoxy) is 2. The summed E-state index contributed by atoms with van der Waals surface area (Å²) in [5.74, 6) is 1.39. The Morgan fingerprint density at radius 2 is 2.03 bits per heavy atom. The van der Waals surface area contributed by atoms with Crippen LogP contribution >= 0.6 is 11.6 Å². The maximum atomic E-state index is 11.9. The van der Waals surface area contributed by atoms with E-state index in [1.165, 1.54) is 0 Å². The van der Waals surface area contributed by atoms with Gasteiger partial charge in [0.2, 0.25) is 0 Å². The predicted molar refractivity (Wildman–Crippen MR) is 117 cm³/mol. The third-order valence-electron chi connectivity index (χ3n) is 6.06. The van der Waals surface area contributed by atoms with Gasteiger partial charge in [-0.3, -0.25) is 0 Å².